The van der Waals surface area contributed by atoms with Gasteiger partial charge in [0.1, 0.15) is 0 Å². The molecule has 1 aromatic rings. The Balaban J connectivity index is 2.18. The largest absolute Gasteiger partial charge is 0.210 e. The predicted octanol–water partition coefficient (Wildman–Crippen LogP) is 5.86. The minimum absolute atomic E-state index is 0.199. The highest BCUT2D eigenvalue weighted by Crippen LogP contribution is 2.58. The molecule has 2 aliphatic carbocycles. The van der Waals surface area contributed by atoms with E-state index in [4.69, 9.17) is 0 Å². The molecule has 0 bridgehead atoms. The quantitative estimate of drug-likeness (QED) is 0.641. The summed E-state index contributed by atoms with van der Waals surface area (Å²) in [5.41, 5.74) is 6.21. The van der Waals surface area contributed by atoms with Crippen LogP contribution >= 0.6 is 10.0 Å². The summed E-state index contributed by atoms with van der Waals surface area (Å²) in [7, 11) is -0.877. The molecule has 3 rings (SSSR count). The van der Waals surface area contributed by atoms with E-state index in [0.29, 0.717) is 5.25 Å². The number of benzene rings is 1. The Bertz CT molecular complexity index is 681. The maximum atomic E-state index is 2.51. The van der Waals surface area contributed by atoms with Crippen molar-refractivity contribution in [1.82, 2.24) is 0 Å². The summed E-state index contributed by atoms with van der Waals surface area (Å²) in [5, 5.41) is 0.577. The minimum atomic E-state index is -0.877. The van der Waals surface area contributed by atoms with Crippen molar-refractivity contribution in [1.29, 1.82) is 0 Å². The smallest absolute Gasteiger partial charge is 0.0290 e. The van der Waals surface area contributed by atoms with Gasteiger partial charge in [0.05, 0.1) is 0 Å². The van der Waals surface area contributed by atoms with E-state index in [2.05, 4.69) is 82.7 Å². The van der Waals surface area contributed by atoms with Gasteiger partial charge in [-0.25, -0.2) is 10.0 Å². The third-order valence-corrected chi connectivity index (χ3v) is 8.10. The van der Waals surface area contributed by atoms with Crippen LogP contribution in [0.4, 0.5) is 0 Å². The summed E-state index contributed by atoms with van der Waals surface area (Å²) < 4.78 is 0. The first kappa shape index (κ1) is 15.7. The molecule has 0 atom stereocenters. The van der Waals surface area contributed by atoms with Gasteiger partial charge in [-0.2, -0.15) is 0 Å². The molecule has 0 aromatic heterocycles. The zero-order chi connectivity index (χ0) is 16.1. The lowest BCUT2D eigenvalue weighted by atomic mass is 9.85. The molecule has 0 heterocycles. The molecule has 0 aliphatic heterocycles. The van der Waals surface area contributed by atoms with Crippen molar-refractivity contribution >= 4 is 16.1 Å². The molecular weight excluding hydrogens is 284 g/mol. The fraction of sp³-hybridized carbons (Fsp3) is 0.429. The predicted molar refractivity (Wildman–Crippen MR) is 102 cm³/mol. The highest BCUT2D eigenvalue weighted by Gasteiger charge is 2.30. The van der Waals surface area contributed by atoms with Crippen molar-refractivity contribution in [2.24, 2.45) is 0 Å². The molecule has 22 heavy (non-hydrogen) atoms. The third kappa shape index (κ3) is 2.60. The highest BCUT2D eigenvalue weighted by atomic mass is 32.3. The summed E-state index contributed by atoms with van der Waals surface area (Å²) in [5.74, 6) is 0. The molecule has 118 valence electrons. The van der Waals surface area contributed by atoms with E-state index < -0.39 is 10.0 Å². The first-order chi connectivity index (χ1) is 10.2. The molecule has 0 amide bonds. The van der Waals surface area contributed by atoms with E-state index in [0.717, 1.165) is 6.42 Å². The number of rotatable bonds is 2. The zero-order valence-corrected chi connectivity index (χ0v) is 15.6. The van der Waals surface area contributed by atoms with Gasteiger partial charge in [0.25, 0.3) is 0 Å². The molecule has 1 heteroatoms. The molecule has 0 unspecified atom stereocenters. The average Bonchev–Trinajstić information content (AvgIpc) is 3.03. The molecule has 0 nitrogen and oxygen atoms in total. The zero-order valence-electron chi connectivity index (χ0n) is 14.7. The summed E-state index contributed by atoms with van der Waals surface area (Å²) in [6, 6.07) is 4.94. The number of allylic oxidation sites excluding steroid dienone is 3. The van der Waals surface area contributed by atoms with Crippen LogP contribution in [0.15, 0.2) is 46.9 Å². The van der Waals surface area contributed by atoms with Crippen molar-refractivity contribution in [2.45, 2.75) is 49.7 Å². The Kier molecular flexibility index (Phi) is 3.68. The van der Waals surface area contributed by atoms with E-state index in [1.807, 2.05) is 0 Å². The molecule has 0 N–H and O–H groups in total. The number of hydrogen-bond acceptors (Lipinski definition) is 0. The summed E-state index contributed by atoms with van der Waals surface area (Å²) >= 11 is 0. The van der Waals surface area contributed by atoms with E-state index in [1.165, 1.54) is 16.7 Å². The van der Waals surface area contributed by atoms with Crippen molar-refractivity contribution in [3.63, 3.8) is 0 Å². The fourth-order valence-corrected chi connectivity index (χ4v) is 5.95. The first-order valence-electron chi connectivity index (χ1n) is 8.11. The summed E-state index contributed by atoms with van der Waals surface area (Å²) in [4.78, 5) is 1.62. The van der Waals surface area contributed by atoms with Crippen LogP contribution in [-0.4, -0.2) is 17.8 Å². The second kappa shape index (κ2) is 5.16. The Morgan fingerprint density at radius 1 is 1.05 bits per heavy atom. The second-order valence-corrected chi connectivity index (χ2v) is 11.9. The van der Waals surface area contributed by atoms with Crippen LogP contribution in [0.1, 0.15) is 44.4 Å². The molecule has 0 saturated heterocycles. The minimum Gasteiger partial charge on any atom is -0.210 e. The molecule has 0 spiro atoms. The van der Waals surface area contributed by atoms with Crippen molar-refractivity contribution in [2.75, 3.05) is 12.5 Å². The monoisotopic (exact) mass is 312 g/mol. The van der Waals surface area contributed by atoms with Crippen molar-refractivity contribution < 1.29 is 0 Å². The molecule has 0 saturated carbocycles. The normalized spacial score (nSPS) is 18.7. The van der Waals surface area contributed by atoms with Crippen molar-refractivity contribution in [3.05, 3.63) is 58.7 Å². The lowest BCUT2D eigenvalue weighted by Crippen LogP contribution is -2.17. The maximum absolute atomic E-state index is 2.51. The Labute approximate surface area is 137 Å². The molecular formula is C21H28S. The van der Waals surface area contributed by atoms with Crippen molar-refractivity contribution in [3.8, 4) is 0 Å². The first-order valence-corrected chi connectivity index (χ1v) is 10.6. The summed E-state index contributed by atoms with van der Waals surface area (Å²) in [6.07, 6.45) is 17.6. The Hall–Kier alpha value is -1.21. The average molecular weight is 313 g/mol. The van der Waals surface area contributed by atoms with Gasteiger partial charge in [-0.1, -0.05) is 62.8 Å². The highest BCUT2D eigenvalue weighted by molar-refractivity contribution is 8.33. The van der Waals surface area contributed by atoms with Gasteiger partial charge in [-0.3, -0.25) is 0 Å². The van der Waals surface area contributed by atoms with Gasteiger partial charge in [-0.15, -0.1) is 0 Å². The number of fused-ring (bicyclic) bond motifs is 1. The fourth-order valence-electron chi connectivity index (χ4n) is 3.43. The lowest BCUT2D eigenvalue weighted by Gasteiger charge is -2.39. The van der Waals surface area contributed by atoms with E-state index >= 15 is 0 Å². The van der Waals surface area contributed by atoms with Gasteiger partial charge >= 0.3 is 0 Å². The molecule has 1 aromatic carbocycles. The Morgan fingerprint density at radius 3 is 2.27 bits per heavy atom. The van der Waals surface area contributed by atoms with E-state index in [9.17, 15) is 0 Å². The van der Waals surface area contributed by atoms with Gasteiger partial charge in [0.15, 0.2) is 0 Å². The van der Waals surface area contributed by atoms with Gasteiger partial charge in [-0.05, 0) is 58.9 Å². The maximum Gasteiger partial charge on any atom is 0.0290 e. The van der Waals surface area contributed by atoms with Gasteiger partial charge in [0.2, 0.25) is 0 Å². The Morgan fingerprint density at radius 2 is 1.68 bits per heavy atom. The standard InChI is InChI=1S/C21H28S/c1-15-11-16-13-17(21(2,3)4)14-20(19(16)12-15)22(5,6)18-9-7-8-10-18/h7-11,13-14,18H,12H2,1-6H3. The van der Waals surface area contributed by atoms with E-state index in [1.54, 1.807) is 10.5 Å². The van der Waals surface area contributed by atoms with Crippen LogP contribution in [-0.2, 0) is 11.8 Å². The number of hydrogen-bond donors (Lipinski definition) is 0. The third-order valence-electron chi connectivity index (χ3n) is 4.93. The summed E-state index contributed by atoms with van der Waals surface area (Å²) in [6.45, 7) is 9.23. The SMILES string of the molecule is CC1=Cc2cc(C(C)(C)C)cc(S(C)(C)C3C=CC=C3)c2C1. The van der Waals surface area contributed by atoms with Gasteiger partial charge < -0.3 is 0 Å². The van der Waals surface area contributed by atoms with Crippen LogP contribution in [0.5, 0.6) is 0 Å². The van der Waals surface area contributed by atoms with E-state index in [-0.39, 0.29) is 5.41 Å². The molecule has 2 aliphatic rings. The van der Waals surface area contributed by atoms with Gasteiger partial charge in [0, 0.05) is 5.25 Å². The topological polar surface area (TPSA) is 0 Å². The van der Waals surface area contributed by atoms with Crippen LogP contribution in [0.3, 0.4) is 0 Å². The van der Waals surface area contributed by atoms with Crippen LogP contribution in [0.25, 0.3) is 6.08 Å². The van der Waals surface area contributed by atoms with Crippen LogP contribution in [0, 0.1) is 0 Å². The van der Waals surface area contributed by atoms with Crippen LogP contribution < -0.4 is 0 Å². The van der Waals surface area contributed by atoms with Crippen LogP contribution in [0.2, 0.25) is 0 Å². The lowest BCUT2D eigenvalue weighted by molar-refractivity contribution is 0.588. The molecule has 0 fully saturated rings. The second-order valence-electron chi connectivity index (χ2n) is 8.10. The molecule has 0 radical (unpaired) electrons.